The van der Waals surface area contributed by atoms with Crippen molar-refractivity contribution >= 4 is 40.1 Å². The minimum Gasteiger partial charge on any atom is -0.481 e. The SMILES string of the molecule is CC(C)[C@H](NC(=O)c1cccc2ccccc12)C1=NOC(Cc2ccccc2)(C(=O)N[C@@H](CC(=O)O)C(=O)CN2CCCCC2)C1. The molecule has 2 heterocycles. The van der Waals surface area contributed by atoms with Crippen molar-refractivity contribution in [2.75, 3.05) is 19.6 Å². The Morgan fingerprint density at radius 3 is 2.33 bits per heavy atom. The number of carboxylic acids is 1. The molecule has 10 heteroatoms. The first-order valence-electron chi connectivity index (χ1n) is 16.0. The molecule has 10 nitrogen and oxygen atoms in total. The average molecular weight is 627 g/mol. The number of Topliss-reactive ketones (excluding diaryl/α,β-unsaturated/α-hetero) is 1. The van der Waals surface area contributed by atoms with Crippen LogP contribution in [0.2, 0.25) is 0 Å². The van der Waals surface area contributed by atoms with Gasteiger partial charge >= 0.3 is 5.97 Å². The predicted molar refractivity (Wildman–Crippen MR) is 176 cm³/mol. The van der Waals surface area contributed by atoms with Gasteiger partial charge in [-0.2, -0.15) is 0 Å². The van der Waals surface area contributed by atoms with Crippen molar-refractivity contribution in [2.24, 2.45) is 11.1 Å². The van der Waals surface area contributed by atoms with Gasteiger partial charge in [-0.3, -0.25) is 24.1 Å². The van der Waals surface area contributed by atoms with Crippen LogP contribution in [0.15, 0.2) is 78.0 Å². The Labute approximate surface area is 269 Å². The normalized spacial score (nSPS) is 19.6. The van der Waals surface area contributed by atoms with Crippen molar-refractivity contribution in [3.63, 3.8) is 0 Å². The molecule has 3 N–H and O–H groups in total. The van der Waals surface area contributed by atoms with Crippen molar-refractivity contribution in [3.8, 4) is 0 Å². The average Bonchev–Trinajstić information content (AvgIpc) is 3.48. The van der Waals surface area contributed by atoms with Crippen LogP contribution >= 0.6 is 0 Å². The molecule has 3 aromatic rings. The molecule has 2 aliphatic heterocycles. The molecule has 1 saturated heterocycles. The topological polar surface area (TPSA) is 137 Å². The lowest BCUT2D eigenvalue weighted by atomic mass is 9.84. The van der Waals surface area contributed by atoms with E-state index in [4.69, 9.17) is 4.84 Å². The van der Waals surface area contributed by atoms with E-state index in [2.05, 4.69) is 15.8 Å². The van der Waals surface area contributed by atoms with E-state index in [-0.39, 0.29) is 37.0 Å². The molecule has 3 atom stereocenters. The summed E-state index contributed by atoms with van der Waals surface area (Å²) in [6.45, 7) is 5.51. The minimum absolute atomic E-state index is 0.0481. The van der Waals surface area contributed by atoms with Gasteiger partial charge < -0.3 is 20.6 Å². The fraction of sp³-hybridized carbons (Fsp3) is 0.417. The Balaban J connectivity index is 1.38. The molecule has 242 valence electrons. The number of carbonyl (C=O) groups excluding carboxylic acids is 3. The van der Waals surface area contributed by atoms with Crippen LogP contribution in [0.3, 0.4) is 0 Å². The molecule has 2 aliphatic rings. The van der Waals surface area contributed by atoms with Crippen LogP contribution in [0.1, 0.15) is 61.9 Å². The molecule has 0 radical (unpaired) electrons. The largest absolute Gasteiger partial charge is 0.481 e. The maximum atomic E-state index is 14.1. The summed E-state index contributed by atoms with van der Waals surface area (Å²) in [5.74, 6) is -2.52. The monoisotopic (exact) mass is 626 g/mol. The van der Waals surface area contributed by atoms with Crippen LogP contribution in [0.4, 0.5) is 0 Å². The molecule has 5 rings (SSSR count). The maximum absolute atomic E-state index is 14.1. The minimum atomic E-state index is -1.55. The molecular weight excluding hydrogens is 584 g/mol. The van der Waals surface area contributed by atoms with Crippen LogP contribution in [-0.4, -0.2) is 76.6 Å². The van der Waals surface area contributed by atoms with E-state index in [1.165, 1.54) is 0 Å². The lowest BCUT2D eigenvalue weighted by molar-refractivity contribution is -0.147. The van der Waals surface area contributed by atoms with Gasteiger partial charge in [0, 0.05) is 18.4 Å². The zero-order valence-corrected chi connectivity index (χ0v) is 26.4. The number of oxime groups is 1. The molecule has 1 fully saturated rings. The lowest BCUT2D eigenvalue weighted by Gasteiger charge is -2.30. The Morgan fingerprint density at radius 1 is 0.913 bits per heavy atom. The molecule has 1 unspecified atom stereocenters. The van der Waals surface area contributed by atoms with Gasteiger partial charge in [-0.05, 0) is 54.3 Å². The van der Waals surface area contributed by atoms with E-state index in [1.54, 1.807) is 6.07 Å². The van der Waals surface area contributed by atoms with Gasteiger partial charge in [0.15, 0.2) is 5.78 Å². The van der Waals surface area contributed by atoms with Gasteiger partial charge in [0.2, 0.25) is 5.60 Å². The van der Waals surface area contributed by atoms with Gasteiger partial charge in [0.05, 0.1) is 30.8 Å². The molecule has 3 aromatic carbocycles. The highest BCUT2D eigenvalue weighted by Crippen LogP contribution is 2.32. The Bertz CT molecular complexity index is 1600. The standard InChI is InChI=1S/C36H42N4O6/c1-24(2)33(38-34(44)28-17-11-15-26-14-7-8-16-27(26)28)30-22-36(46-39-30,21-25-12-5-3-6-13-25)35(45)37-29(20-32(42)43)31(41)23-40-18-9-4-10-19-40/h3,5-8,11-17,24,29,33H,4,9-10,18-23H2,1-2H3,(H,37,45)(H,38,44)(H,42,43)/t29-,33-,36?/m0/s1. The number of carboxylic acid groups (broad SMARTS) is 1. The molecule has 0 bridgehead atoms. The summed E-state index contributed by atoms with van der Waals surface area (Å²) in [5.41, 5.74) is 0.282. The molecule has 46 heavy (non-hydrogen) atoms. The lowest BCUT2D eigenvalue weighted by Crippen LogP contribution is -2.56. The summed E-state index contributed by atoms with van der Waals surface area (Å²) < 4.78 is 0. The summed E-state index contributed by atoms with van der Waals surface area (Å²) in [7, 11) is 0. The summed E-state index contributed by atoms with van der Waals surface area (Å²) >= 11 is 0. The second-order valence-electron chi connectivity index (χ2n) is 12.7. The van der Waals surface area contributed by atoms with Crippen LogP contribution < -0.4 is 10.6 Å². The Kier molecular flexibility index (Phi) is 10.5. The highest BCUT2D eigenvalue weighted by Gasteiger charge is 2.49. The molecule has 0 saturated carbocycles. The van der Waals surface area contributed by atoms with Gasteiger partial charge in [0.25, 0.3) is 11.8 Å². The van der Waals surface area contributed by atoms with Crippen LogP contribution in [0.25, 0.3) is 10.8 Å². The van der Waals surface area contributed by atoms with Crippen molar-refractivity contribution in [2.45, 2.75) is 70.1 Å². The number of likely N-dealkylation sites (tertiary alicyclic amines) is 1. The second kappa shape index (κ2) is 14.7. The number of piperidine rings is 1. The summed E-state index contributed by atoms with van der Waals surface area (Å²) in [5, 5.41) is 21.6. The number of nitrogens with zero attached hydrogens (tertiary/aromatic N) is 2. The fourth-order valence-corrected chi connectivity index (χ4v) is 6.33. The summed E-state index contributed by atoms with van der Waals surface area (Å²) in [6.07, 6.45) is 2.70. The number of fused-ring (bicyclic) bond motifs is 1. The van der Waals surface area contributed by atoms with Gasteiger partial charge in [0.1, 0.15) is 0 Å². The van der Waals surface area contributed by atoms with E-state index in [0.717, 1.165) is 48.7 Å². The van der Waals surface area contributed by atoms with E-state index in [1.807, 2.05) is 85.5 Å². The Morgan fingerprint density at radius 2 is 1.61 bits per heavy atom. The molecular formula is C36H42N4O6. The highest BCUT2D eigenvalue weighted by atomic mass is 16.7. The third kappa shape index (κ3) is 7.80. The number of amides is 2. The van der Waals surface area contributed by atoms with E-state index in [9.17, 15) is 24.3 Å². The van der Waals surface area contributed by atoms with Crippen LogP contribution in [0.5, 0.6) is 0 Å². The number of nitrogens with one attached hydrogen (secondary N) is 2. The number of carbonyl (C=O) groups is 4. The molecule has 2 amide bonds. The van der Waals surface area contributed by atoms with Gasteiger partial charge in [-0.15, -0.1) is 0 Å². The quantitative estimate of drug-likeness (QED) is 0.256. The molecule has 0 aromatic heterocycles. The zero-order chi connectivity index (χ0) is 32.7. The number of rotatable bonds is 13. The maximum Gasteiger partial charge on any atom is 0.305 e. The third-order valence-corrected chi connectivity index (χ3v) is 8.80. The summed E-state index contributed by atoms with van der Waals surface area (Å²) in [4.78, 5) is 60.9. The zero-order valence-electron chi connectivity index (χ0n) is 26.4. The number of benzene rings is 3. The van der Waals surface area contributed by atoms with Crippen molar-refractivity contribution in [3.05, 3.63) is 83.9 Å². The van der Waals surface area contributed by atoms with Crippen molar-refractivity contribution in [1.29, 1.82) is 0 Å². The first-order chi connectivity index (χ1) is 22.1. The van der Waals surface area contributed by atoms with Crippen LogP contribution in [-0.2, 0) is 25.6 Å². The molecule has 0 aliphatic carbocycles. The van der Waals surface area contributed by atoms with Gasteiger partial charge in [-0.1, -0.05) is 92.2 Å². The molecule has 0 spiro atoms. The number of ketones is 1. The van der Waals surface area contributed by atoms with Crippen molar-refractivity contribution < 1.29 is 29.1 Å². The predicted octanol–water partition coefficient (Wildman–Crippen LogP) is 4.37. The third-order valence-electron chi connectivity index (χ3n) is 8.80. The van der Waals surface area contributed by atoms with Gasteiger partial charge in [-0.25, -0.2) is 0 Å². The van der Waals surface area contributed by atoms with Crippen LogP contribution in [0, 0.1) is 5.92 Å². The van der Waals surface area contributed by atoms with E-state index in [0.29, 0.717) is 11.3 Å². The smallest absolute Gasteiger partial charge is 0.305 e. The number of hydrogen-bond donors (Lipinski definition) is 3. The Hall–Kier alpha value is -4.57. The fourth-order valence-electron chi connectivity index (χ4n) is 6.33. The summed E-state index contributed by atoms with van der Waals surface area (Å²) in [6, 6.07) is 20.8. The first kappa shape index (κ1) is 32.8. The first-order valence-corrected chi connectivity index (χ1v) is 16.0. The van der Waals surface area contributed by atoms with E-state index >= 15 is 0 Å². The van der Waals surface area contributed by atoms with E-state index < -0.39 is 36.0 Å². The van der Waals surface area contributed by atoms with Crippen molar-refractivity contribution in [1.82, 2.24) is 15.5 Å². The number of aliphatic carboxylic acids is 1. The number of hydrogen-bond acceptors (Lipinski definition) is 7. The highest BCUT2D eigenvalue weighted by molar-refractivity contribution is 6.09. The second-order valence-corrected chi connectivity index (χ2v) is 12.7.